The molecule has 4 aromatic rings. The number of methoxy groups -OCH3 is 1. The third-order valence-corrected chi connectivity index (χ3v) is 7.48. The maximum atomic E-state index is 15.1. The number of ether oxygens (including phenoxy) is 3. The molecule has 0 aromatic heterocycles. The lowest BCUT2D eigenvalue weighted by Crippen LogP contribution is -2.33. The largest absolute Gasteiger partial charge is 0.494 e. The van der Waals surface area contributed by atoms with Gasteiger partial charge in [0.15, 0.2) is 33.8 Å². The summed E-state index contributed by atoms with van der Waals surface area (Å²) in [5.74, 6) is -9.75. The van der Waals surface area contributed by atoms with Gasteiger partial charge in [-0.15, -0.1) is 6.42 Å². The lowest BCUT2D eigenvalue weighted by atomic mass is 10.2. The molecule has 6 nitrogen and oxygen atoms in total. The molecule has 0 heterocycles. The van der Waals surface area contributed by atoms with Crippen LogP contribution >= 0.6 is 0 Å². The quantitative estimate of drug-likeness (QED) is 0.0904. The molecule has 0 atom stereocenters. The van der Waals surface area contributed by atoms with E-state index in [1.54, 1.807) is 0 Å². The lowest BCUT2D eigenvalue weighted by molar-refractivity contribution is 0.305. The van der Waals surface area contributed by atoms with Crippen LogP contribution in [0.15, 0.2) is 77.7 Å². The molecule has 212 valence electrons. The minimum atomic E-state index is -5.33. The van der Waals surface area contributed by atoms with Crippen molar-refractivity contribution in [3.8, 4) is 35.3 Å². The van der Waals surface area contributed by atoms with Crippen LogP contribution in [0.2, 0.25) is 0 Å². The molecule has 0 fully saturated rings. The van der Waals surface area contributed by atoms with Crippen LogP contribution in [0, 0.1) is 41.4 Å². The SMILES string of the molecule is C#CCN(c1ccc(OC)c(F)c1)S(=O)(=O)c1c(F)c(F)c(F)c(F)c1Oc1ccc(OCc2ccccc2)cc1. The maximum Gasteiger partial charge on any atom is 0.272 e. The van der Waals surface area contributed by atoms with Crippen molar-refractivity contribution in [2.75, 3.05) is 18.0 Å². The first-order valence-corrected chi connectivity index (χ1v) is 13.1. The van der Waals surface area contributed by atoms with E-state index >= 15 is 4.39 Å². The van der Waals surface area contributed by atoms with Gasteiger partial charge in [0.05, 0.1) is 19.3 Å². The summed E-state index contributed by atoms with van der Waals surface area (Å²) in [5, 5.41) is 0. The van der Waals surface area contributed by atoms with Crippen LogP contribution in [0.5, 0.6) is 23.0 Å². The minimum absolute atomic E-state index is 0.212. The number of hydrogen-bond acceptors (Lipinski definition) is 5. The van der Waals surface area contributed by atoms with Crippen LogP contribution in [0.4, 0.5) is 27.6 Å². The average molecular weight is 590 g/mol. The fourth-order valence-corrected chi connectivity index (χ4v) is 5.23. The molecule has 0 N–H and O–H groups in total. The monoisotopic (exact) mass is 589 g/mol. The van der Waals surface area contributed by atoms with Gasteiger partial charge in [-0.1, -0.05) is 36.3 Å². The van der Waals surface area contributed by atoms with Crippen molar-refractivity contribution >= 4 is 15.7 Å². The highest BCUT2D eigenvalue weighted by Gasteiger charge is 2.38. The van der Waals surface area contributed by atoms with Gasteiger partial charge in [-0.2, -0.15) is 4.39 Å². The summed E-state index contributed by atoms with van der Waals surface area (Å²) in [6, 6.07) is 17.2. The van der Waals surface area contributed by atoms with Crippen LogP contribution in [0.3, 0.4) is 0 Å². The van der Waals surface area contributed by atoms with Gasteiger partial charge in [0.1, 0.15) is 18.1 Å². The van der Waals surface area contributed by atoms with E-state index in [0.717, 1.165) is 17.7 Å². The molecule has 0 saturated heterocycles. The highest BCUT2D eigenvalue weighted by Crippen LogP contribution is 2.40. The summed E-state index contributed by atoms with van der Waals surface area (Å²) in [5.41, 5.74) is 0.437. The Bertz CT molecular complexity index is 1710. The first-order chi connectivity index (χ1) is 19.6. The summed E-state index contributed by atoms with van der Waals surface area (Å²) in [6.45, 7) is -0.607. The molecule has 0 bridgehead atoms. The molecule has 0 unspecified atom stereocenters. The van der Waals surface area contributed by atoms with Crippen LogP contribution in [-0.2, 0) is 16.6 Å². The van der Waals surface area contributed by atoms with Gasteiger partial charge in [0.2, 0.25) is 11.6 Å². The predicted molar refractivity (Wildman–Crippen MR) is 140 cm³/mol. The Morgan fingerprint density at radius 3 is 2.07 bits per heavy atom. The lowest BCUT2D eigenvalue weighted by Gasteiger charge is -2.24. The molecule has 4 aromatic carbocycles. The zero-order chi connectivity index (χ0) is 29.7. The van der Waals surface area contributed by atoms with Crippen molar-refractivity contribution in [1.29, 1.82) is 0 Å². The second kappa shape index (κ2) is 12.2. The third-order valence-electron chi connectivity index (χ3n) is 5.68. The third kappa shape index (κ3) is 6.05. The predicted octanol–water partition coefficient (Wildman–Crippen LogP) is 6.59. The molecule has 0 spiro atoms. The van der Waals surface area contributed by atoms with E-state index in [1.807, 2.05) is 36.3 Å². The van der Waals surface area contributed by atoms with Gasteiger partial charge in [-0.3, -0.25) is 4.31 Å². The van der Waals surface area contributed by atoms with E-state index in [2.05, 4.69) is 0 Å². The van der Waals surface area contributed by atoms with Gasteiger partial charge in [-0.05, 0) is 42.0 Å². The second-order valence-electron chi connectivity index (χ2n) is 8.30. The molecular weight excluding hydrogens is 569 g/mol. The molecule has 0 aliphatic rings. The second-order valence-corrected chi connectivity index (χ2v) is 10.1. The van der Waals surface area contributed by atoms with Gasteiger partial charge < -0.3 is 14.2 Å². The highest BCUT2D eigenvalue weighted by molar-refractivity contribution is 7.93. The first-order valence-electron chi connectivity index (χ1n) is 11.7. The fourth-order valence-electron chi connectivity index (χ4n) is 3.69. The molecule has 0 aliphatic carbocycles. The topological polar surface area (TPSA) is 65.1 Å². The van der Waals surface area contributed by atoms with E-state index in [-0.39, 0.29) is 18.1 Å². The number of nitrogens with zero attached hydrogens (tertiary/aromatic N) is 1. The number of rotatable bonds is 10. The summed E-state index contributed by atoms with van der Waals surface area (Å²) in [6.07, 6.45) is 5.28. The minimum Gasteiger partial charge on any atom is -0.494 e. The van der Waals surface area contributed by atoms with Crippen LogP contribution in [-0.4, -0.2) is 22.1 Å². The molecule has 0 amide bonds. The van der Waals surface area contributed by atoms with Crippen molar-refractivity contribution in [3.05, 3.63) is 107 Å². The molecule has 0 aliphatic heterocycles. The number of sulfonamides is 1. The molecule has 41 heavy (non-hydrogen) atoms. The fraction of sp³-hybridized carbons (Fsp3) is 0.103. The van der Waals surface area contributed by atoms with E-state index in [1.165, 1.54) is 31.4 Å². The van der Waals surface area contributed by atoms with Gasteiger partial charge in [0.25, 0.3) is 10.0 Å². The van der Waals surface area contributed by atoms with Gasteiger partial charge >= 0.3 is 0 Å². The molecule has 12 heteroatoms. The van der Waals surface area contributed by atoms with Gasteiger partial charge in [0, 0.05) is 6.07 Å². The number of benzene rings is 4. The Hall–Kier alpha value is -4.76. The van der Waals surface area contributed by atoms with E-state index in [0.29, 0.717) is 16.1 Å². The Morgan fingerprint density at radius 2 is 1.46 bits per heavy atom. The summed E-state index contributed by atoms with van der Waals surface area (Å²) >= 11 is 0. The number of anilines is 1. The highest BCUT2D eigenvalue weighted by atomic mass is 32.2. The molecule has 0 saturated carbocycles. The van der Waals surface area contributed by atoms with Crippen LogP contribution < -0.4 is 18.5 Å². The number of terminal acetylenes is 1. The maximum absolute atomic E-state index is 15.1. The summed E-state index contributed by atoms with van der Waals surface area (Å²) in [7, 11) is -4.17. The van der Waals surface area contributed by atoms with Gasteiger partial charge in [-0.25, -0.2) is 26.0 Å². The normalized spacial score (nSPS) is 11.0. The zero-order valence-electron chi connectivity index (χ0n) is 21.2. The van der Waals surface area contributed by atoms with Crippen LogP contribution in [0.1, 0.15) is 5.56 Å². The Balaban J connectivity index is 1.74. The van der Waals surface area contributed by atoms with Crippen molar-refractivity contribution in [3.63, 3.8) is 0 Å². The number of halogens is 5. The average Bonchev–Trinajstić information content (AvgIpc) is 2.97. The molecular formula is C29H20F5NO5S. The van der Waals surface area contributed by atoms with E-state index < -0.39 is 62.0 Å². The van der Waals surface area contributed by atoms with Crippen molar-refractivity contribution in [2.45, 2.75) is 11.5 Å². The zero-order valence-corrected chi connectivity index (χ0v) is 22.0. The smallest absolute Gasteiger partial charge is 0.272 e. The van der Waals surface area contributed by atoms with Crippen molar-refractivity contribution < 1.29 is 44.6 Å². The first kappa shape index (κ1) is 29.2. The summed E-state index contributed by atoms with van der Waals surface area (Å²) in [4.78, 5) is -1.69. The Labute approximate surface area is 232 Å². The van der Waals surface area contributed by atoms with E-state index in [4.69, 9.17) is 20.6 Å². The van der Waals surface area contributed by atoms with E-state index in [9.17, 15) is 26.0 Å². The van der Waals surface area contributed by atoms with Crippen LogP contribution in [0.25, 0.3) is 0 Å². The number of hydrogen-bond donors (Lipinski definition) is 0. The standard InChI is InChI=1S/C29H20F5NO5S/c1-3-15-35(19-9-14-23(38-2)22(30)16-19)41(36,37)29-27(34)25(32)24(31)26(33)28(29)40-21-12-10-20(11-13-21)39-17-18-7-5-4-6-8-18/h1,4-14,16H,15,17H2,2H3. The summed E-state index contributed by atoms with van der Waals surface area (Å²) < 4.78 is 116. The van der Waals surface area contributed by atoms with Crippen molar-refractivity contribution in [2.24, 2.45) is 0 Å². The molecule has 0 radical (unpaired) electrons. The Kier molecular flexibility index (Phi) is 8.68. The Morgan fingerprint density at radius 1 is 0.829 bits per heavy atom. The molecule has 4 rings (SSSR count). The van der Waals surface area contributed by atoms with Crippen molar-refractivity contribution in [1.82, 2.24) is 0 Å².